The van der Waals surface area contributed by atoms with Gasteiger partial charge in [0.15, 0.2) is 0 Å². The maximum Gasteiger partial charge on any atom is 0.308 e. The maximum absolute atomic E-state index is 12.4. The van der Waals surface area contributed by atoms with Crippen molar-refractivity contribution in [1.29, 1.82) is 0 Å². The van der Waals surface area contributed by atoms with Gasteiger partial charge < -0.3 is 14.7 Å². The number of carboxylic acids is 1. The summed E-state index contributed by atoms with van der Waals surface area (Å²) in [7, 11) is 1.70. The number of nitrogens with zero attached hydrogens (tertiary/aromatic N) is 1. The highest BCUT2D eigenvalue weighted by atomic mass is 35.5. The predicted molar refractivity (Wildman–Crippen MR) is 97.3 cm³/mol. The van der Waals surface area contributed by atoms with Crippen LogP contribution in [0.5, 0.6) is 5.75 Å². The average Bonchev–Trinajstić information content (AvgIpc) is 2.59. The number of carboxylic acid groups (broad SMARTS) is 1. The van der Waals surface area contributed by atoms with E-state index in [0.717, 1.165) is 19.3 Å². The second kappa shape index (κ2) is 9.30. The fourth-order valence-electron chi connectivity index (χ4n) is 3.22. The van der Waals surface area contributed by atoms with Gasteiger partial charge in [0.2, 0.25) is 5.91 Å². The molecule has 1 fully saturated rings. The molecule has 2 atom stereocenters. The smallest absolute Gasteiger partial charge is 0.308 e. The minimum absolute atomic E-state index is 0.0519. The van der Waals surface area contributed by atoms with Crippen molar-refractivity contribution in [2.24, 2.45) is 5.92 Å². The van der Waals surface area contributed by atoms with Gasteiger partial charge in [-0.05, 0) is 37.5 Å². The first-order valence-electron chi connectivity index (χ1n) is 8.46. The Labute approximate surface area is 157 Å². The molecule has 25 heavy (non-hydrogen) atoms. The summed E-state index contributed by atoms with van der Waals surface area (Å²) in [5.74, 6) is -0.800. The lowest BCUT2D eigenvalue weighted by Gasteiger charge is -2.35. The maximum atomic E-state index is 12.4. The molecule has 1 aromatic rings. The molecule has 0 radical (unpaired) electrons. The van der Waals surface area contributed by atoms with Gasteiger partial charge >= 0.3 is 5.97 Å². The lowest BCUT2D eigenvalue weighted by molar-refractivity contribution is -0.147. The first-order valence-corrected chi connectivity index (χ1v) is 9.22. The molecule has 1 N–H and O–H groups in total. The lowest BCUT2D eigenvalue weighted by Crippen LogP contribution is -2.46. The molecule has 0 bridgehead atoms. The van der Waals surface area contributed by atoms with Crippen LogP contribution in [0.3, 0.4) is 0 Å². The zero-order valence-corrected chi connectivity index (χ0v) is 15.7. The van der Waals surface area contributed by atoms with Crippen LogP contribution in [0.4, 0.5) is 0 Å². The third-order valence-electron chi connectivity index (χ3n) is 4.62. The molecule has 0 aromatic heterocycles. The molecule has 1 amide bonds. The molecule has 2 rings (SSSR count). The highest BCUT2D eigenvalue weighted by Crippen LogP contribution is 2.29. The molecular weight excluding hydrogens is 365 g/mol. The summed E-state index contributed by atoms with van der Waals surface area (Å²) < 4.78 is 5.57. The number of amides is 1. The Morgan fingerprint density at radius 3 is 2.68 bits per heavy atom. The number of rotatable bonds is 7. The monoisotopic (exact) mass is 387 g/mol. The van der Waals surface area contributed by atoms with E-state index in [-0.39, 0.29) is 11.9 Å². The highest BCUT2D eigenvalue weighted by molar-refractivity contribution is 6.35. The van der Waals surface area contributed by atoms with E-state index in [4.69, 9.17) is 27.9 Å². The summed E-state index contributed by atoms with van der Waals surface area (Å²) in [5, 5.41) is 10.3. The molecule has 1 saturated carbocycles. The Morgan fingerprint density at radius 1 is 1.28 bits per heavy atom. The Bertz CT molecular complexity index is 623. The van der Waals surface area contributed by atoms with E-state index in [9.17, 15) is 14.7 Å². The summed E-state index contributed by atoms with van der Waals surface area (Å²) in [6, 6.07) is 4.77. The van der Waals surface area contributed by atoms with E-state index in [1.807, 2.05) is 0 Å². The van der Waals surface area contributed by atoms with Crippen molar-refractivity contribution in [3.8, 4) is 5.75 Å². The number of aliphatic carboxylic acids is 1. The minimum atomic E-state index is -0.815. The third kappa shape index (κ3) is 5.51. The average molecular weight is 388 g/mol. The van der Waals surface area contributed by atoms with Crippen LogP contribution in [-0.2, 0) is 9.59 Å². The SMILES string of the molecule is CN(C(=O)CCCOc1ccc(Cl)cc1Cl)C1CCCC[C@@H]1C(=O)O. The van der Waals surface area contributed by atoms with Crippen molar-refractivity contribution < 1.29 is 19.4 Å². The number of hydrogen-bond acceptors (Lipinski definition) is 3. The molecule has 7 heteroatoms. The van der Waals surface area contributed by atoms with Gasteiger partial charge in [-0.2, -0.15) is 0 Å². The predicted octanol–water partition coefficient (Wildman–Crippen LogP) is 4.25. The Kier molecular flexibility index (Phi) is 7.38. The molecule has 1 aromatic carbocycles. The van der Waals surface area contributed by atoms with Crippen LogP contribution in [0.25, 0.3) is 0 Å². The van der Waals surface area contributed by atoms with E-state index in [1.165, 1.54) is 0 Å². The summed E-state index contributed by atoms with van der Waals surface area (Å²) >= 11 is 11.9. The van der Waals surface area contributed by atoms with Crippen molar-refractivity contribution in [2.75, 3.05) is 13.7 Å². The Morgan fingerprint density at radius 2 is 2.00 bits per heavy atom. The molecule has 1 aliphatic carbocycles. The summed E-state index contributed by atoms with van der Waals surface area (Å²) in [4.78, 5) is 25.4. The van der Waals surface area contributed by atoms with Crippen molar-refractivity contribution in [3.63, 3.8) is 0 Å². The standard InChI is InChI=1S/C18H23Cl2NO4/c1-21(15-6-3-2-5-13(15)18(23)24)17(22)7-4-10-25-16-9-8-12(19)11-14(16)20/h8-9,11,13,15H,2-7,10H2,1H3,(H,23,24)/t13-,15?/m0/s1. The number of halogens is 2. The van der Waals surface area contributed by atoms with Gasteiger partial charge in [0, 0.05) is 24.5 Å². The molecule has 0 spiro atoms. The number of ether oxygens (including phenoxy) is 1. The molecule has 0 saturated heterocycles. The van der Waals surface area contributed by atoms with Gasteiger partial charge in [-0.25, -0.2) is 0 Å². The summed E-state index contributed by atoms with van der Waals surface area (Å²) in [6.45, 7) is 0.355. The minimum Gasteiger partial charge on any atom is -0.492 e. The Hall–Kier alpha value is -1.46. The summed E-state index contributed by atoms with van der Waals surface area (Å²) in [6.07, 6.45) is 4.10. The van der Waals surface area contributed by atoms with Gasteiger partial charge in [-0.15, -0.1) is 0 Å². The largest absolute Gasteiger partial charge is 0.492 e. The molecule has 0 aliphatic heterocycles. The number of hydrogen-bond donors (Lipinski definition) is 1. The van der Waals surface area contributed by atoms with Crippen LogP contribution in [0.15, 0.2) is 18.2 Å². The number of carbonyl (C=O) groups is 2. The zero-order valence-electron chi connectivity index (χ0n) is 14.2. The van der Waals surface area contributed by atoms with Crippen LogP contribution in [-0.4, -0.2) is 41.6 Å². The fourth-order valence-corrected chi connectivity index (χ4v) is 3.69. The van der Waals surface area contributed by atoms with Gasteiger partial charge in [-0.1, -0.05) is 36.0 Å². The van der Waals surface area contributed by atoms with Gasteiger partial charge in [0.1, 0.15) is 5.75 Å². The van der Waals surface area contributed by atoms with Gasteiger partial charge in [0.05, 0.1) is 17.5 Å². The molecular formula is C18H23Cl2NO4. The lowest BCUT2D eigenvalue weighted by atomic mass is 9.83. The molecule has 5 nitrogen and oxygen atoms in total. The molecule has 0 heterocycles. The first-order chi connectivity index (χ1) is 11.9. The molecule has 138 valence electrons. The van der Waals surface area contributed by atoms with Gasteiger partial charge in [-0.3, -0.25) is 9.59 Å². The van der Waals surface area contributed by atoms with Crippen LogP contribution in [0.2, 0.25) is 10.0 Å². The van der Waals surface area contributed by atoms with Crippen LogP contribution in [0.1, 0.15) is 38.5 Å². The van der Waals surface area contributed by atoms with Crippen molar-refractivity contribution in [1.82, 2.24) is 4.90 Å². The van der Waals surface area contributed by atoms with E-state index < -0.39 is 11.9 Å². The first kappa shape index (κ1) is 19.9. The number of carbonyl (C=O) groups excluding carboxylic acids is 1. The van der Waals surface area contributed by atoms with Crippen molar-refractivity contribution in [2.45, 2.75) is 44.6 Å². The zero-order chi connectivity index (χ0) is 18.4. The van der Waals surface area contributed by atoms with Crippen LogP contribution in [0, 0.1) is 5.92 Å². The van der Waals surface area contributed by atoms with Crippen molar-refractivity contribution in [3.05, 3.63) is 28.2 Å². The fraction of sp³-hybridized carbons (Fsp3) is 0.556. The van der Waals surface area contributed by atoms with Gasteiger partial charge in [0.25, 0.3) is 0 Å². The quantitative estimate of drug-likeness (QED) is 0.709. The second-order valence-corrected chi connectivity index (χ2v) is 7.17. The molecule has 1 aliphatic rings. The van der Waals surface area contributed by atoms with E-state index in [2.05, 4.69) is 0 Å². The van der Waals surface area contributed by atoms with E-state index in [1.54, 1.807) is 30.1 Å². The van der Waals surface area contributed by atoms with Crippen LogP contribution < -0.4 is 4.74 Å². The second-order valence-electron chi connectivity index (χ2n) is 6.33. The molecule has 1 unspecified atom stereocenters. The summed E-state index contributed by atoms with van der Waals surface area (Å²) in [5.41, 5.74) is 0. The third-order valence-corrected chi connectivity index (χ3v) is 5.15. The topological polar surface area (TPSA) is 66.8 Å². The highest BCUT2D eigenvalue weighted by Gasteiger charge is 2.35. The van der Waals surface area contributed by atoms with E-state index in [0.29, 0.717) is 41.7 Å². The normalized spacial score (nSPS) is 20.1. The number of benzene rings is 1. The Balaban J connectivity index is 1.80. The van der Waals surface area contributed by atoms with Crippen LogP contribution >= 0.6 is 23.2 Å². The van der Waals surface area contributed by atoms with Crippen molar-refractivity contribution >= 4 is 35.1 Å². The van der Waals surface area contributed by atoms with E-state index >= 15 is 0 Å².